The van der Waals surface area contributed by atoms with Crippen LogP contribution in [0.4, 0.5) is 0 Å². The van der Waals surface area contributed by atoms with Gasteiger partial charge in [0.2, 0.25) is 0 Å². The maximum absolute atomic E-state index is 5.27. The maximum atomic E-state index is 5.27. The lowest BCUT2D eigenvalue weighted by Crippen LogP contribution is -2.16. The molecule has 1 aromatic rings. The number of aryl methyl sites for hydroxylation is 1. The quantitative estimate of drug-likeness (QED) is 0.638. The monoisotopic (exact) mass is 279 g/mol. The molecule has 86 valence electrons. The zero-order chi connectivity index (χ0) is 12.0. The molecule has 1 atom stereocenters. The number of unbranched alkanes of at least 4 members (excludes halogenated alkanes) is 1. The van der Waals surface area contributed by atoms with E-state index >= 15 is 0 Å². The second kappa shape index (κ2) is 6.73. The third-order valence-electron chi connectivity index (χ3n) is 2.63. The van der Waals surface area contributed by atoms with Crippen molar-refractivity contribution in [2.75, 3.05) is 7.05 Å². The minimum absolute atomic E-state index is 0.393. The zero-order valence-corrected chi connectivity index (χ0v) is 11.5. The molecule has 0 amide bonds. The molecule has 0 radical (unpaired) electrons. The molecule has 0 saturated heterocycles. The summed E-state index contributed by atoms with van der Waals surface area (Å²) < 4.78 is 1.14. The van der Waals surface area contributed by atoms with Gasteiger partial charge in [0.25, 0.3) is 0 Å². The number of nitrogens with one attached hydrogen (secondary N) is 1. The zero-order valence-electron chi connectivity index (χ0n) is 9.89. The lowest BCUT2D eigenvalue weighted by molar-refractivity contribution is 0.531. The standard InChI is InChI=1S/C14H18BrN/c1-4-5-6-7-14(16-3)12-8-11(2)9-13(15)10-12/h1,8-10,14,16H,5-7H2,2-3H3. The summed E-state index contributed by atoms with van der Waals surface area (Å²) in [7, 11) is 2.00. The summed E-state index contributed by atoms with van der Waals surface area (Å²) in [5.41, 5.74) is 2.60. The highest BCUT2D eigenvalue weighted by molar-refractivity contribution is 9.10. The Morgan fingerprint density at radius 1 is 1.44 bits per heavy atom. The van der Waals surface area contributed by atoms with Crippen molar-refractivity contribution < 1.29 is 0 Å². The molecular weight excluding hydrogens is 262 g/mol. The van der Waals surface area contributed by atoms with Crippen LogP contribution in [-0.4, -0.2) is 7.05 Å². The average molecular weight is 280 g/mol. The highest BCUT2D eigenvalue weighted by Gasteiger charge is 2.09. The Morgan fingerprint density at radius 3 is 2.75 bits per heavy atom. The van der Waals surface area contributed by atoms with Crippen LogP contribution >= 0.6 is 15.9 Å². The van der Waals surface area contributed by atoms with E-state index in [1.54, 1.807) is 0 Å². The number of rotatable bonds is 5. The summed E-state index contributed by atoms with van der Waals surface area (Å²) in [5.74, 6) is 2.68. The van der Waals surface area contributed by atoms with Crippen molar-refractivity contribution in [3.63, 3.8) is 0 Å². The van der Waals surface area contributed by atoms with Gasteiger partial charge in [-0.15, -0.1) is 12.3 Å². The van der Waals surface area contributed by atoms with Crippen molar-refractivity contribution in [1.29, 1.82) is 0 Å². The van der Waals surface area contributed by atoms with Crippen LogP contribution in [0.15, 0.2) is 22.7 Å². The van der Waals surface area contributed by atoms with Crippen LogP contribution < -0.4 is 5.32 Å². The molecule has 1 aromatic carbocycles. The van der Waals surface area contributed by atoms with E-state index in [1.165, 1.54) is 11.1 Å². The van der Waals surface area contributed by atoms with E-state index < -0.39 is 0 Å². The van der Waals surface area contributed by atoms with Crippen molar-refractivity contribution in [3.8, 4) is 12.3 Å². The minimum Gasteiger partial charge on any atom is -0.313 e. The molecule has 0 aliphatic carbocycles. The first-order valence-corrected chi connectivity index (χ1v) is 6.34. The normalized spacial score (nSPS) is 12.1. The maximum Gasteiger partial charge on any atom is 0.0318 e. The fourth-order valence-electron chi connectivity index (χ4n) is 1.85. The van der Waals surface area contributed by atoms with Gasteiger partial charge in [-0.2, -0.15) is 0 Å². The molecule has 1 nitrogen and oxygen atoms in total. The molecule has 0 heterocycles. The average Bonchev–Trinajstić information content (AvgIpc) is 2.23. The molecule has 0 aliphatic rings. The van der Waals surface area contributed by atoms with E-state index in [2.05, 4.69) is 52.3 Å². The van der Waals surface area contributed by atoms with Gasteiger partial charge in [-0.05, 0) is 50.1 Å². The Morgan fingerprint density at radius 2 is 2.19 bits per heavy atom. The summed E-state index contributed by atoms with van der Waals surface area (Å²) in [6.07, 6.45) is 8.26. The Balaban J connectivity index is 2.74. The predicted octanol–water partition coefficient (Wildman–Crippen LogP) is 3.82. The van der Waals surface area contributed by atoms with Crippen LogP contribution in [0.25, 0.3) is 0 Å². The van der Waals surface area contributed by atoms with Gasteiger partial charge in [0.05, 0.1) is 0 Å². The van der Waals surface area contributed by atoms with Crippen LogP contribution in [-0.2, 0) is 0 Å². The molecule has 2 heteroatoms. The fourth-order valence-corrected chi connectivity index (χ4v) is 2.48. The molecule has 16 heavy (non-hydrogen) atoms. The summed E-state index contributed by atoms with van der Waals surface area (Å²) in [5, 5.41) is 3.34. The highest BCUT2D eigenvalue weighted by atomic mass is 79.9. The first-order chi connectivity index (χ1) is 7.67. The van der Waals surface area contributed by atoms with Crippen LogP contribution in [0.1, 0.15) is 36.4 Å². The summed E-state index contributed by atoms with van der Waals surface area (Å²) in [6, 6.07) is 6.91. The van der Waals surface area contributed by atoms with E-state index in [1.807, 2.05) is 7.05 Å². The van der Waals surface area contributed by atoms with E-state index in [0.717, 1.165) is 23.7 Å². The molecule has 0 aromatic heterocycles. The number of halogens is 1. The first kappa shape index (κ1) is 13.3. The van der Waals surface area contributed by atoms with Gasteiger partial charge in [-0.25, -0.2) is 0 Å². The van der Waals surface area contributed by atoms with Gasteiger partial charge >= 0.3 is 0 Å². The molecule has 0 saturated carbocycles. The van der Waals surface area contributed by atoms with Crippen molar-refractivity contribution >= 4 is 15.9 Å². The molecule has 1 unspecified atom stereocenters. The van der Waals surface area contributed by atoms with Gasteiger partial charge in [0, 0.05) is 16.9 Å². The van der Waals surface area contributed by atoms with E-state index in [-0.39, 0.29) is 0 Å². The van der Waals surface area contributed by atoms with Crippen LogP contribution in [0.2, 0.25) is 0 Å². The van der Waals surface area contributed by atoms with Crippen molar-refractivity contribution in [2.24, 2.45) is 0 Å². The molecule has 0 fully saturated rings. The van der Waals surface area contributed by atoms with Crippen molar-refractivity contribution in [3.05, 3.63) is 33.8 Å². The second-order valence-corrected chi connectivity index (χ2v) is 4.92. The predicted molar refractivity (Wildman–Crippen MR) is 73.4 cm³/mol. The van der Waals surface area contributed by atoms with E-state index in [4.69, 9.17) is 6.42 Å². The Labute approximate surface area is 107 Å². The van der Waals surface area contributed by atoms with Gasteiger partial charge in [0.1, 0.15) is 0 Å². The summed E-state index contributed by atoms with van der Waals surface area (Å²) in [6.45, 7) is 2.11. The van der Waals surface area contributed by atoms with E-state index in [9.17, 15) is 0 Å². The first-order valence-electron chi connectivity index (χ1n) is 5.55. The Kier molecular flexibility index (Phi) is 5.59. The third kappa shape index (κ3) is 4.00. The largest absolute Gasteiger partial charge is 0.313 e. The fraction of sp³-hybridized carbons (Fsp3) is 0.429. The third-order valence-corrected chi connectivity index (χ3v) is 3.09. The van der Waals surface area contributed by atoms with Gasteiger partial charge in [-0.1, -0.05) is 22.0 Å². The van der Waals surface area contributed by atoms with Gasteiger partial charge in [0.15, 0.2) is 0 Å². The summed E-state index contributed by atoms with van der Waals surface area (Å²) in [4.78, 5) is 0. The number of benzene rings is 1. The van der Waals surface area contributed by atoms with Crippen molar-refractivity contribution in [2.45, 2.75) is 32.2 Å². The highest BCUT2D eigenvalue weighted by Crippen LogP contribution is 2.24. The smallest absolute Gasteiger partial charge is 0.0318 e. The van der Waals surface area contributed by atoms with Gasteiger partial charge < -0.3 is 5.32 Å². The van der Waals surface area contributed by atoms with Crippen molar-refractivity contribution in [1.82, 2.24) is 5.32 Å². The topological polar surface area (TPSA) is 12.0 Å². The van der Waals surface area contributed by atoms with E-state index in [0.29, 0.717) is 6.04 Å². The number of hydrogen-bond donors (Lipinski definition) is 1. The van der Waals surface area contributed by atoms with Crippen LogP contribution in [0.5, 0.6) is 0 Å². The lowest BCUT2D eigenvalue weighted by atomic mass is 10.00. The lowest BCUT2D eigenvalue weighted by Gasteiger charge is -2.17. The molecule has 0 spiro atoms. The minimum atomic E-state index is 0.393. The number of terminal acetylenes is 1. The Bertz CT molecular complexity index is 359. The molecular formula is C14H18BrN. The second-order valence-electron chi connectivity index (χ2n) is 4.00. The molecule has 1 N–H and O–H groups in total. The van der Waals surface area contributed by atoms with Crippen LogP contribution in [0.3, 0.4) is 0 Å². The van der Waals surface area contributed by atoms with Gasteiger partial charge in [-0.3, -0.25) is 0 Å². The number of hydrogen-bond acceptors (Lipinski definition) is 1. The molecule has 0 bridgehead atoms. The Hall–Kier alpha value is -0.780. The molecule has 0 aliphatic heterocycles. The summed E-state index contributed by atoms with van der Waals surface area (Å²) >= 11 is 3.53. The SMILES string of the molecule is C#CCCCC(NC)c1cc(C)cc(Br)c1. The molecule has 1 rings (SSSR count). The van der Waals surface area contributed by atoms with Crippen LogP contribution in [0, 0.1) is 19.3 Å².